The fourth-order valence-electron chi connectivity index (χ4n) is 7.13. The van der Waals surface area contributed by atoms with Crippen molar-refractivity contribution in [2.45, 2.75) is 0 Å². The fourth-order valence-corrected chi connectivity index (χ4v) is 7.13. The molecule has 0 unspecified atom stereocenters. The summed E-state index contributed by atoms with van der Waals surface area (Å²) in [6.07, 6.45) is 0. The molecule has 2 heteroatoms. The summed E-state index contributed by atoms with van der Waals surface area (Å²) in [5.41, 5.74) is 14.7. The van der Waals surface area contributed by atoms with E-state index >= 15 is 0 Å². The number of hydrogen-bond acceptors (Lipinski definition) is 2. The van der Waals surface area contributed by atoms with Crippen LogP contribution in [0, 0.1) is 0 Å². The van der Waals surface area contributed by atoms with Crippen LogP contribution in [-0.2, 0) is 0 Å². The second-order valence-electron chi connectivity index (χ2n) is 13.0. The molecule has 8 aromatic carbocycles. The van der Waals surface area contributed by atoms with Crippen molar-refractivity contribution in [3.63, 3.8) is 0 Å². The standard InChI is InChI=1S/C50H35NO/c1-3-14-37(15-4-1)45-21-8-9-22-46(45)39-28-32-44(33-29-39)51(48-24-11-10-23-47(48)38-16-5-2-6-17-38)43-30-26-36(27-31-43)40-19-13-20-41(34-40)50-35-42-18-7-12-25-49(42)52-50/h1-35H. The van der Waals surface area contributed by atoms with Crippen LogP contribution in [-0.4, -0.2) is 0 Å². The van der Waals surface area contributed by atoms with Crippen LogP contribution in [0.1, 0.15) is 0 Å². The summed E-state index contributed by atoms with van der Waals surface area (Å²) < 4.78 is 6.20. The van der Waals surface area contributed by atoms with Crippen molar-refractivity contribution in [3.05, 3.63) is 212 Å². The first kappa shape index (κ1) is 31.1. The Morgan fingerprint density at radius 3 is 1.44 bits per heavy atom. The fraction of sp³-hybridized carbons (Fsp3) is 0. The van der Waals surface area contributed by atoms with Gasteiger partial charge in [-0.1, -0.05) is 164 Å². The zero-order chi connectivity index (χ0) is 34.7. The van der Waals surface area contributed by atoms with Crippen LogP contribution in [0.3, 0.4) is 0 Å². The molecule has 1 aromatic heterocycles. The van der Waals surface area contributed by atoms with Gasteiger partial charge in [0.15, 0.2) is 0 Å². The van der Waals surface area contributed by atoms with Crippen LogP contribution in [0.4, 0.5) is 17.1 Å². The van der Waals surface area contributed by atoms with Crippen LogP contribution < -0.4 is 4.90 Å². The predicted molar refractivity (Wildman–Crippen MR) is 218 cm³/mol. The maximum Gasteiger partial charge on any atom is 0.135 e. The predicted octanol–water partition coefficient (Wildman–Crippen LogP) is 14.2. The molecule has 0 spiro atoms. The second-order valence-corrected chi connectivity index (χ2v) is 13.0. The summed E-state index contributed by atoms with van der Waals surface area (Å²) >= 11 is 0. The largest absolute Gasteiger partial charge is 0.456 e. The van der Waals surface area contributed by atoms with Gasteiger partial charge < -0.3 is 9.32 Å². The summed E-state index contributed by atoms with van der Waals surface area (Å²) in [5, 5.41) is 1.11. The first-order chi connectivity index (χ1) is 25.8. The molecule has 246 valence electrons. The quantitative estimate of drug-likeness (QED) is 0.161. The smallest absolute Gasteiger partial charge is 0.135 e. The third kappa shape index (κ3) is 6.08. The lowest BCUT2D eigenvalue weighted by Crippen LogP contribution is -2.11. The van der Waals surface area contributed by atoms with E-state index in [1.54, 1.807) is 0 Å². The molecule has 1 heterocycles. The Hall–Kier alpha value is -6.90. The highest BCUT2D eigenvalue weighted by atomic mass is 16.3. The summed E-state index contributed by atoms with van der Waals surface area (Å²) in [7, 11) is 0. The van der Waals surface area contributed by atoms with Crippen LogP contribution in [0.2, 0.25) is 0 Å². The van der Waals surface area contributed by atoms with Gasteiger partial charge in [0, 0.05) is 27.9 Å². The number of para-hydroxylation sites is 2. The molecule has 0 radical (unpaired) electrons. The first-order valence-corrected chi connectivity index (χ1v) is 17.7. The van der Waals surface area contributed by atoms with Crippen molar-refractivity contribution < 1.29 is 4.42 Å². The van der Waals surface area contributed by atoms with E-state index in [2.05, 4.69) is 199 Å². The average molecular weight is 666 g/mol. The lowest BCUT2D eigenvalue weighted by Gasteiger charge is -2.28. The number of hydrogen-bond donors (Lipinski definition) is 0. The maximum absolute atomic E-state index is 6.20. The number of furan rings is 1. The lowest BCUT2D eigenvalue weighted by molar-refractivity contribution is 0.631. The molecule has 0 aliphatic rings. The molecular weight excluding hydrogens is 631 g/mol. The number of nitrogens with zero attached hydrogens (tertiary/aromatic N) is 1. The molecule has 52 heavy (non-hydrogen) atoms. The van der Waals surface area contributed by atoms with Crippen LogP contribution in [0.15, 0.2) is 217 Å². The Balaban J connectivity index is 1.11. The van der Waals surface area contributed by atoms with E-state index in [9.17, 15) is 0 Å². The van der Waals surface area contributed by atoms with Gasteiger partial charge in [-0.25, -0.2) is 0 Å². The van der Waals surface area contributed by atoms with E-state index in [0.29, 0.717) is 0 Å². The van der Waals surface area contributed by atoms with Crippen molar-refractivity contribution in [1.82, 2.24) is 0 Å². The summed E-state index contributed by atoms with van der Waals surface area (Å²) in [4.78, 5) is 2.36. The topological polar surface area (TPSA) is 16.4 Å². The van der Waals surface area contributed by atoms with Crippen LogP contribution in [0.25, 0.3) is 66.8 Å². The maximum atomic E-state index is 6.20. The Morgan fingerprint density at radius 2 is 0.788 bits per heavy atom. The van der Waals surface area contributed by atoms with E-state index in [0.717, 1.165) is 50.5 Å². The van der Waals surface area contributed by atoms with E-state index in [1.807, 2.05) is 18.2 Å². The third-order valence-corrected chi connectivity index (χ3v) is 9.71. The molecule has 0 bridgehead atoms. The zero-order valence-electron chi connectivity index (χ0n) is 28.6. The highest BCUT2D eigenvalue weighted by molar-refractivity contribution is 5.90. The van der Waals surface area contributed by atoms with E-state index in [4.69, 9.17) is 4.42 Å². The molecule has 0 saturated heterocycles. The van der Waals surface area contributed by atoms with Gasteiger partial charge in [0.05, 0.1) is 5.69 Å². The van der Waals surface area contributed by atoms with Crippen LogP contribution >= 0.6 is 0 Å². The van der Waals surface area contributed by atoms with Crippen LogP contribution in [0.5, 0.6) is 0 Å². The highest BCUT2D eigenvalue weighted by Crippen LogP contribution is 2.42. The molecule has 9 rings (SSSR count). The minimum Gasteiger partial charge on any atom is -0.456 e. The minimum absolute atomic E-state index is 0.873. The molecule has 2 nitrogen and oxygen atoms in total. The van der Waals surface area contributed by atoms with Gasteiger partial charge in [-0.3, -0.25) is 0 Å². The van der Waals surface area contributed by atoms with E-state index in [-0.39, 0.29) is 0 Å². The Bertz CT molecular complexity index is 2570. The third-order valence-electron chi connectivity index (χ3n) is 9.71. The molecule has 0 fully saturated rings. The number of anilines is 3. The summed E-state index contributed by atoms with van der Waals surface area (Å²) in [5.74, 6) is 0.873. The van der Waals surface area contributed by atoms with Crippen molar-refractivity contribution in [1.29, 1.82) is 0 Å². The molecule has 0 aliphatic heterocycles. The first-order valence-electron chi connectivity index (χ1n) is 17.7. The molecule has 0 N–H and O–H groups in total. The summed E-state index contributed by atoms with van der Waals surface area (Å²) in [6.45, 7) is 0. The SMILES string of the molecule is c1ccc(-c2ccccc2-c2ccc(N(c3ccc(-c4cccc(-c5cc6ccccc6o5)c4)cc3)c3ccccc3-c3ccccc3)cc2)cc1. The molecule has 9 aromatic rings. The summed E-state index contributed by atoms with van der Waals surface area (Å²) in [6, 6.07) is 75.2. The normalized spacial score (nSPS) is 11.1. The molecule has 0 saturated carbocycles. The molecule has 0 aliphatic carbocycles. The van der Waals surface area contributed by atoms with Crippen molar-refractivity contribution in [2.75, 3.05) is 4.90 Å². The van der Waals surface area contributed by atoms with Gasteiger partial charge in [-0.15, -0.1) is 0 Å². The minimum atomic E-state index is 0.873. The van der Waals surface area contributed by atoms with Gasteiger partial charge in [0.2, 0.25) is 0 Å². The van der Waals surface area contributed by atoms with Crippen molar-refractivity contribution >= 4 is 28.0 Å². The van der Waals surface area contributed by atoms with Gasteiger partial charge in [0.25, 0.3) is 0 Å². The highest BCUT2D eigenvalue weighted by Gasteiger charge is 2.18. The number of fused-ring (bicyclic) bond motifs is 1. The Morgan fingerprint density at radius 1 is 0.308 bits per heavy atom. The van der Waals surface area contributed by atoms with Gasteiger partial charge in [-0.05, 0) is 87.5 Å². The second kappa shape index (κ2) is 13.8. The van der Waals surface area contributed by atoms with E-state index < -0.39 is 0 Å². The lowest BCUT2D eigenvalue weighted by atomic mass is 9.94. The zero-order valence-corrected chi connectivity index (χ0v) is 28.6. The van der Waals surface area contributed by atoms with Crippen molar-refractivity contribution in [2.24, 2.45) is 0 Å². The monoisotopic (exact) mass is 665 g/mol. The average Bonchev–Trinajstić information content (AvgIpc) is 3.67. The van der Waals surface area contributed by atoms with E-state index in [1.165, 1.54) is 33.4 Å². The molecule has 0 atom stereocenters. The Kier molecular flexibility index (Phi) is 8.24. The van der Waals surface area contributed by atoms with Gasteiger partial charge in [-0.2, -0.15) is 0 Å². The van der Waals surface area contributed by atoms with Crippen molar-refractivity contribution in [3.8, 4) is 55.8 Å². The molecular formula is C50H35NO. The number of benzene rings is 8. The molecule has 0 amide bonds. The Labute approximate surface area is 304 Å². The van der Waals surface area contributed by atoms with Gasteiger partial charge >= 0.3 is 0 Å². The van der Waals surface area contributed by atoms with Gasteiger partial charge in [0.1, 0.15) is 11.3 Å². The number of rotatable bonds is 8.